The van der Waals surface area contributed by atoms with E-state index >= 15 is 0 Å². The van der Waals surface area contributed by atoms with Gasteiger partial charge < -0.3 is 4.98 Å². The summed E-state index contributed by atoms with van der Waals surface area (Å²) in [6.07, 6.45) is 3.30. The fraction of sp³-hybridized carbons (Fsp3) is 0.0833. The third kappa shape index (κ3) is 2.06. The Bertz CT molecular complexity index is 839. The van der Waals surface area contributed by atoms with E-state index in [2.05, 4.69) is 31.0 Å². The van der Waals surface area contributed by atoms with E-state index < -0.39 is 5.82 Å². The van der Waals surface area contributed by atoms with Crippen LogP contribution in [0.3, 0.4) is 0 Å². The fourth-order valence-corrected chi connectivity index (χ4v) is 2.16. The first-order valence-corrected chi connectivity index (χ1v) is 6.22. The number of nitrogens with zero attached hydrogens (tertiary/aromatic N) is 3. The second kappa shape index (κ2) is 4.27. The lowest BCUT2D eigenvalue weighted by molar-refractivity contribution is 0.622. The predicted octanol–water partition coefficient (Wildman–Crippen LogP) is 2.23. The number of aryl methyl sites for hydroxylation is 1. The fourth-order valence-electron chi connectivity index (χ4n) is 1.81. The standard InChI is InChI=1S/C12H8BrFN4O/c1-18-5-6(4-15-18)11-16-10-3-9(14)8(13)2-7(10)12(19)17-11/h2-5H,1H3,(H,16,17,19). The van der Waals surface area contributed by atoms with Crippen LogP contribution in [0.25, 0.3) is 22.3 Å². The van der Waals surface area contributed by atoms with Gasteiger partial charge in [-0.25, -0.2) is 9.37 Å². The summed E-state index contributed by atoms with van der Waals surface area (Å²) >= 11 is 3.05. The Morgan fingerprint density at radius 1 is 1.42 bits per heavy atom. The van der Waals surface area contributed by atoms with Gasteiger partial charge in [0.15, 0.2) is 0 Å². The summed E-state index contributed by atoms with van der Waals surface area (Å²) in [6.45, 7) is 0. The smallest absolute Gasteiger partial charge is 0.259 e. The zero-order chi connectivity index (χ0) is 13.6. The highest BCUT2D eigenvalue weighted by atomic mass is 79.9. The minimum absolute atomic E-state index is 0.237. The lowest BCUT2D eigenvalue weighted by Gasteiger charge is -2.02. The highest BCUT2D eigenvalue weighted by molar-refractivity contribution is 9.10. The van der Waals surface area contributed by atoms with E-state index in [0.29, 0.717) is 22.3 Å². The number of hydrogen-bond donors (Lipinski definition) is 1. The van der Waals surface area contributed by atoms with Crippen LogP contribution < -0.4 is 5.56 Å². The molecular formula is C12H8BrFN4O. The molecule has 0 saturated carbocycles. The number of aromatic nitrogens is 4. The molecule has 0 saturated heterocycles. The minimum atomic E-state index is -0.456. The van der Waals surface area contributed by atoms with Crippen molar-refractivity contribution in [3.63, 3.8) is 0 Å². The molecule has 0 radical (unpaired) electrons. The number of H-pyrrole nitrogens is 1. The largest absolute Gasteiger partial charge is 0.306 e. The number of hydrogen-bond acceptors (Lipinski definition) is 3. The first-order valence-electron chi connectivity index (χ1n) is 5.42. The van der Waals surface area contributed by atoms with Gasteiger partial charge >= 0.3 is 0 Å². The monoisotopic (exact) mass is 322 g/mol. The van der Waals surface area contributed by atoms with Crippen molar-refractivity contribution >= 4 is 26.8 Å². The van der Waals surface area contributed by atoms with E-state index in [1.165, 1.54) is 12.1 Å². The summed E-state index contributed by atoms with van der Waals surface area (Å²) in [5, 5.41) is 4.34. The Kier molecular flexibility index (Phi) is 2.70. The van der Waals surface area contributed by atoms with Crippen LogP contribution >= 0.6 is 15.9 Å². The second-order valence-electron chi connectivity index (χ2n) is 4.10. The molecule has 1 aromatic carbocycles. The Morgan fingerprint density at radius 2 is 2.21 bits per heavy atom. The molecule has 1 N–H and O–H groups in total. The molecule has 0 aliphatic carbocycles. The van der Waals surface area contributed by atoms with Crippen LogP contribution in [0, 0.1) is 5.82 Å². The Morgan fingerprint density at radius 3 is 2.89 bits per heavy atom. The van der Waals surface area contributed by atoms with Gasteiger partial charge in [-0.05, 0) is 22.0 Å². The summed E-state index contributed by atoms with van der Waals surface area (Å²) in [5.74, 6) is -0.0879. The number of halogens is 2. The molecule has 0 bridgehead atoms. The van der Waals surface area contributed by atoms with Crippen LogP contribution in [0.2, 0.25) is 0 Å². The molecule has 19 heavy (non-hydrogen) atoms. The first kappa shape index (κ1) is 12.0. The molecule has 2 aromatic heterocycles. The highest BCUT2D eigenvalue weighted by Gasteiger charge is 2.10. The third-order valence-electron chi connectivity index (χ3n) is 2.73. The van der Waals surface area contributed by atoms with Crippen LogP contribution in [0.4, 0.5) is 4.39 Å². The maximum atomic E-state index is 13.5. The highest BCUT2D eigenvalue weighted by Crippen LogP contribution is 2.21. The van der Waals surface area contributed by atoms with Gasteiger partial charge in [0.05, 0.1) is 27.1 Å². The van der Waals surface area contributed by atoms with Crippen LogP contribution in [0.5, 0.6) is 0 Å². The molecule has 0 aliphatic rings. The lowest BCUT2D eigenvalue weighted by atomic mass is 10.2. The molecule has 3 rings (SSSR count). The predicted molar refractivity (Wildman–Crippen MR) is 72.2 cm³/mol. The van der Waals surface area contributed by atoms with Gasteiger partial charge in [0.25, 0.3) is 5.56 Å². The SMILES string of the molecule is Cn1cc(-c2nc3cc(F)c(Br)cc3c(=O)[nH]2)cn1. The third-order valence-corrected chi connectivity index (χ3v) is 3.33. The normalized spacial score (nSPS) is 11.1. The van der Waals surface area contributed by atoms with Crippen molar-refractivity contribution in [1.82, 2.24) is 19.7 Å². The summed E-state index contributed by atoms with van der Waals surface area (Å²) in [7, 11) is 1.76. The average Bonchev–Trinajstić information content (AvgIpc) is 2.78. The van der Waals surface area contributed by atoms with Crippen molar-refractivity contribution in [3.05, 3.63) is 45.2 Å². The maximum absolute atomic E-state index is 13.5. The van der Waals surface area contributed by atoms with E-state index in [1.54, 1.807) is 24.1 Å². The lowest BCUT2D eigenvalue weighted by Crippen LogP contribution is -2.09. The van der Waals surface area contributed by atoms with Crippen molar-refractivity contribution in [2.45, 2.75) is 0 Å². The van der Waals surface area contributed by atoms with Crippen molar-refractivity contribution in [2.24, 2.45) is 7.05 Å². The topological polar surface area (TPSA) is 63.6 Å². The zero-order valence-corrected chi connectivity index (χ0v) is 11.4. The van der Waals surface area contributed by atoms with Crippen molar-refractivity contribution in [3.8, 4) is 11.4 Å². The molecular weight excluding hydrogens is 315 g/mol. The quantitative estimate of drug-likeness (QED) is 0.747. The van der Waals surface area contributed by atoms with E-state index in [0.717, 1.165) is 0 Å². The van der Waals surface area contributed by atoms with Gasteiger partial charge in [-0.2, -0.15) is 5.10 Å². The Hall–Kier alpha value is -2.02. The summed E-state index contributed by atoms with van der Waals surface area (Å²) in [6, 6.07) is 2.65. The van der Waals surface area contributed by atoms with Gasteiger partial charge in [0, 0.05) is 19.3 Å². The Balaban J connectivity index is 2.30. The van der Waals surface area contributed by atoms with Gasteiger partial charge in [-0.15, -0.1) is 0 Å². The zero-order valence-electron chi connectivity index (χ0n) is 9.82. The Labute approximate surface area is 115 Å². The van der Waals surface area contributed by atoms with Crippen LogP contribution in [0.1, 0.15) is 0 Å². The molecule has 5 nitrogen and oxygen atoms in total. The van der Waals surface area contributed by atoms with E-state index in [-0.39, 0.29) is 10.0 Å². The molecule has 0 unspecified atom stereocenters. The number of benzene rings is 1. The molecule has 0 spiro atoms. The van der Waals surface area contributed by atoms with Crippen LogP contribution in [-0.4, -0.2) is 19.7 Å². The second-order valence-corrected chi connectivity index (χ2v) is 4.96. The minimum Gasteiger partial charge on any atom is -0.306 e. The average molecular weight is 323 g/mol. The van der Waals surface area contributed by atoms with Crippen molar-refractivity contribution in [2.75, 3.05) is 0 Å². The van der Waals surface area contributed by atoms with Crippen LogP contribution in [-0.2, 0) is 7.05 Å². The van der Waals surface area contributed by atoms with Gasteiger partial charge in [0.2, 0.25) is 0 Å². The summed E-state index contributed by atoms with van der Waals surface area (Å²) < 4.78 is 15.3. The molecule has 0 amide bonds. The summed E-state index contributed by atoms with van der Waals surface area (Å²) in [5.41, 5.74) is 0.665. The van der Waals surface area contributed by atoms with Crippen molar-refractivity contribution in [1.29, 1.82) is 0 Å². The van der Waals surface area contributed by atoms with E-state index in [4.69, 9.17) is 0 Å². The number of rotatable bonds is 1. The van der Waals surface area contributed by atoms with E-state index in [1.807, 2.05) is 0 Å². The molecule has 0 atom stereocenters. The molecule has 0 aliphatic heterocycles. The van der Waals surface area contributed by atoms with Crippen LogP contribution in [0.15, 0.2) is 33.8 Å². The number of fused-ring (bicyclic) bond motifs is 1. The number of aromatic amines is 1. The first-order chi connectivity index (χ1) is 9.04. The van der Waals surface area contributed by atoms with Crippen molar-refractivity contribution < 1.29 is 4.39 Å². The molecule has 7 heteroatoms. The van der Waals surface area contributed by atoms with Gasteiger partial charge in [-0.1, -0.05) is 0 Å². The summed E-state index contributed by atoms with van der Waals surface area (Å²) in [4.78, 5) is 18.9. The molecule has 0 fully saturated rings. The number of nitrogens with one attached hydrogen (secondary N) is 1. The molecule has 3 aromatic rings. The molecule has 96 valence electrons. The van der Waals surface area contributed by atoms with Gasteiger partial charge in [0.1, 0.15) is 11.6 Å². The molecule has 2 heterocycles. The van der Waals surface area contributed by atoms with E-state index in [9.17, 15) is 9.18 Å². The van der Waals surface area contributed by atoms with Gasteiger partial charge in [-0.3, -0.25) is 9.48 Å². The maximum Gasteiger partial charge on any atom is 0.259 e.